The van der Waals surface area contributed by atoms with Crippen LogP contribution >= 0.6 is 15.9 Å². The van der Waals surface area contributed by atoms with Crippen molar-refractivity contribution in [3.63, 3.8) is 0 Å². The lowest BCUT2D eigenvalue weighted by atomic mass is 10.1. The van der Waals surface area contributed by atoms with Gasteiger partial charge in [0.1, 0.15) is 12.4 Å². The molecule has 1 unspecified atom stereocenters. The summed E-state index contributed by atoms with van der Waals surface area (Å²) < 4.78 is 7.12. The highest BCUT2D eigenvalue weighted by Gasteiger charge is 2.11. The van der Waals surface area contributed by atoms with Crippen LogP contribution in [0.1, 0.15) is 37.4 Å². The van der Waals surface area contributed by atoms with Crippen LogP contribution in [0.3, 0.4) is 0 Å². The number of benzene rings is 2. The quantitative estimate of drug-likeness (QED) is 0.753. The van der Waals surface area contributed by atoms with Gasteiger partial charge in [0.15, 0.2) is 0 Å². The Morgan fingerprint density at radius 3 is 2.57 bits per heavy atom. The summed E-state index contributed by atoms with van der Waals surface area (Å²) in [4.78, 5) is 0. The van der Waals surface area contributed by atoms with Crippen LogP contribution < -0.4 is 10.1 Å². The third-order valence-corrected chi connectivity index (χ3v) is 4.20. The second-order valence-electron chi connectivity index (χ2n) is 5.09. The lowest BCUT2D eigenvalue weighted by molar-refractivity contribution is 0.299. The normalized spacial score (nSPS) is 12.1. The van der Waals surface area contributed by atoms with E-state index < -0.39 is 0 Å². The third-order valence-electron chi connectivity index (χ3n) is 3.43. The van der Waals surface area contributed by atoms with E-state index in [0.29, 0.717) is 12.6 Å². The number of nitrogens with one attached hydrogen (secondary N) is 1. The van der Waals surface area contributed by atoms with Gasteiger partial charge in [0, 0.05) is 21.6 Å². The van der Waals surface area contributed by atoms with Crippen molar-refractivity contribution >= 4 is 15.9 Å². The van der Waals surface area contributed by atoms with Crippen LogP contribution in [0.4, 0.5) is 0 Å². The first-order valence-corrected chi connectivity index (χ1v) is 8.20. The van der Waals surface area contributed by atoms with E-state index in [0.717, 1.165) is 28.8 Å². The average Bonchev–Trinajstić information content (AvgIpc) is 2.52. The fourth-order valence-corrected chi connectivity index (χ4v) is 2.61. The van der Waals surface area contributed by atoms with Gasteiger partial charge >= 0.3 is 0 Å². The Bertz CT molecular complexity index is 571. The summed E-state index contributed by atoms with van der Waals surface area (Å²) in [6.45, 7) is 5.93. The molecule has 3 heteroatoms. The molecule has 0 amide bonds. The van der Waals surface area contributed by atoms with E-state index in [1.165, 1.54) is 5.56 Å². The van der Waals surface area contributed by atoms with Crippen LogP contribution in [0.25, 0.3) is 0 Å². The maximum absolute atomic E-state index is 6.04. The number of halogens is 1. The summed E-state index contributed by atoms with van der Waals surface area (Å²) in [5.74, 6) is 0.948. The predicted molar refractivity (Wildman–Crippen MR) is 91.6 cm³/mol. The first-order valence-electron chi connectivity index (χ1n) is 7.41. The molecule has 0 saturated carbocycles. The number of hydrogen-bond donors (Lipinski definition) is 1. The Balaban J connectivity index is 2.08. The fraction of sp³-hybridized carbons (Fsp3) is 0.333. The molecule has 0 aliphatic carbocycles. The number of hydrogen-bond acceptors (Lipinski definition) is 2. The Hall–Kier alpha value is -1.32. The molecule has 0 radical (unpaired) electrons. The van der Waals surface area contributed by atoms with Gasteiger partial charge < -0.3 is 10.1 Å². The highest BCUT2D eigenvalue weighted by molar-refractivity contribution is 9.10. The Morgan fingerprint density at radius 2 is 1.81 bits per heavy atom. The van der Waals surface area contributed by atoms with Crippen LogP contribution in [-0.4, -0.2) is 6.54 Å². The van der Waals surface area contributed by atoms with Crippen LogP contribution in [0.15, 0.2) is 53.0 Å². The minimum atomic E-state index is 0.292. The number of rotatable bonds is 7. The van der Waals surface area contributed by atoms with E-state index >= 15 is 0 Å². The van der Waals surface area contributed by atoms with Gasteiger partial charge in [-0.3, -0.25) is 0 Å². The zero-order chi connectivity index (χ0) is 15.1. The Labute approximate surface area is 135 Å². The van der Waals surface area contributed by atoms with E-state index in [1.54, 1.807) is 0 Å². The van der Waals surface area contributed by atoms with Crippen molar-refractivity contribution in [3.8, 4) is 5.75 Å². The van der Waals surface area contributed by atoms with Crippen molar-refractivity contribution in [1.82, 2.24) is 5.32 Å². The second kappa shape index (κ2) is 8.20. The minimum absolute atomic E-state index is 0.292. The van der Waals surface area contributed by atoms with Crippen molar-refractivity contribution in [2.45, 2.75) is 32.9 Å². The highest BCUT2D eigenvalue weighted by Crippen LogP contribution is 2.26. The SMILES string of the molecule is CCCNC(C)c1ccccc1OCc1ccccc1Br. The number of para-hydroxylation sites is 1. The third kappa shape index (κ3) is 4.58. The topological polar surface area (TPSA) is 21.3 Å². The summed E-state index contributed by atoms with van der Waals surface area (Å²) in [6, 6.07) is 16.7. The maximum atomic E-state index is 6.04. The molecule has 2 aromatic carbocycles. The predicted octanol–water partition coefficient (Wildman–Crippen LogP) is 5.09. The minimum Gasteiger partial charge on any atom is -0.489 e. The van der Waals surface area contributed by atoms with Gasteiger partial charge in [-0.15, -0.1) is 0 Å². The van der Waals surface area contributed by atoms with Gasteiger partial charge in [-0.25, -0.2) is 0 Å². The Kier molecular flexibility index (Phi) is 6.27. The molecule has 112 valence electrons. The summed E-state index contributed by atoms with van der Waals surface area (Å²) in [5, 5.41) is 3.51. The molecule has 0 fully saturated rings. The van der Waals surface area contributed by atoms with Gasteiger partial charge in [-0.05, 0) is 32.0 Å². The molecule has 0 aliphatic rings. The largest absolute Gasteiger partial charge is 0.489 e. The van der Waals surface area contributed by atoms with Crippen molar-refractivity contribution in [1.29, 1.82) is 0 Å². The van der Waals surface area contributed by atoms with E-state index in [4.69, 9.17) is 4.74 Å². The van der Waals surface area contributed by atoms with E-state index in [1.807, 2.05) is 30.3 Å². The maximum Gasteiger partial charge on any atom is 0.124 e. The summed E-state index contributed by atoms with van der Waals surface area (Å²) >= 11 is 3.56. The zero-order valence-corrected chi connectivity index (χ0v) is 14.2. The second-order valence-corrected chi connectivity index (χ2v) is 5.95. The van der Waals surface area contributed by atoms with Crippen molar-refractivity contribution in [2.24, 2.45) is 0 Å². The molecule has 0 aliphatic heterocycles. The van der Waals surface area contributed by atoms with Gasteiger partial charge in [-0.1, -0.05) is 59.3 Å². The van der Waals surface area contributed by atoms with Crippen LogP contribution in [-0.2, 0) is 6.61 Å². The average molecular weight is 348 g/mol. The summed E-state index contributed by atoms with van der Waals surface area (Å²) in [5.41, 5.74) is 2.36. The molecule has 1 atom stereocenters. The molecule has 0 spiro atoms. The molecule has 2 nitrogen and oxygen atoms in total. The molecule has 0 aromatic heterocycles. The molecule has 0 saturated heterocycles. The first-order chi connectivity index (χ1) is 10.2. The molecule has 0 heterocycles. The molecular formula is C18H22BrNO. The zero-order valence-electron chi connectivity index (χ0n) is 12.6. The van der Waals surface area contributed by atoms with E-state index in [2.05, 4.69) is 53.3 Å². The smallest absolute Gasteiger partial charge is 0.124 e. The van der Waals surface area contributed by atoms with Crippen LogP contribution in [0.2, 0.25) is 0 Å². The molecule has 21 heavy (non-hydrogen) atoms. The van der Waals surface area contributed by atoms with Crippen LogP contribution in [0.5, 0.6) is 5.75 Å². The molecule has 2 aromatic rings. The van der Waals surface area contributed by atoms with E-state index in [-0.39, 0.29) is 0 Å². The lowest BCUT2D eigenvalue weighted by Gasteiger charge is -2.18. The summed E-state index contributed by atoms with van der Waals surface area (Å²) in [7, 11) is 0. The monoisotopic (exact) mass is 347 g/mol. The van der Waals surface area contributed by atoms with Gasteiger partial charge in [0.05, 0.1) is 0 Å². The first kappa shape index (κ1) is 16.1. The Morgan fingerprint density at radius 1 is 1.10 bits per heavy atom. The van der Waals surface area contributed by atoms with Crippen molar-refractivity contribution < 1.29 is 4.74 Å². The van der Waals surface area contributed by atoms with Gasteiger partial charge in [-0.2, -0.15) is 0 Å². The molecular weight excluding hydrogens is 326 g/mol. The van der Waals surface area contributed by atoms with Crippen molar-refractivity contribution in [3.05, 3.63) is 64.1 Å². The summed E-state index contributed by atoms with van der Waals surface area (Å²) in [6.07, 6.45) is 1.13. The number of ether oxygens (including phenoxy) is 1. The van der Waals surface area contributed by atoms with Crippen LogP contribution in [0, 0.1) is 0 Å². The molecule has 0 bridgehead atoms. The highest BCUT2D eigenvalue weighted by atomic mass is 79.9. The standard InChI is InChI=1S/C18H22BrNO/c1-3-12-20-14(2)16-9-5-7-11-18(16)21-13-15-8-4-6-10-17(15)19/h4-11,14,20H,3,12-13H2,1-2H3. The van der Waals surface area contributed by atoms with E-state index in [9.17, 15) is 0 Å². The van der Waals surface area contributed by atoms with Gasteiger partial charge in [0.25, 0.3) is 0 Å². The lowest BCUT2D eigenvalue weighted by Crippen LogP contribution is -2.20. The van der Waals surface area contributed by atoms with Gasteiger partial charge in [0.2, 0.25) is 0 Å². The van der Waals surface area contributed by atoms with Crippen molar-refractivity contribution in [2.75, 3.05) is 6.54 Å². The fourth-order valence-electron chi connectivity index (χ4n) is 2.21. The molecule has 1 N–H and O–H groups in total. The molecule has 2 rings (SSSR count).